The van der Waals surface area contributed by atoms with Crippen molar-refractivity contribution in [2.24, 2.45) is 0 Å². The van der Waals surface area contributed by atoms with E-state index in [1.807, 2.05) is 58.3 Å². The molecule has 1 aliphatic rings. The third-order valence-corrected chi connectivity index (χ3v) is 5.02. The van der Waals surface area contributed by atoms with Crippen molar-refractivity contribution >= 4 is 11.8 Å². The molecule has 0 aliphatic carbocycles. The summed E-state index contributed by atoms with van der Waals surface area (Å²) in [6.07, 6.45) is 1.31. The zero-order valence-corrected chi connectivity index (χ0v) is 16.0. The van der Waals surface area contributed by atoms with Crippen LogP contribution in [0.1, 0.15) is 28.4 Å². The highest BCUT2D eigenvalue weighted by Crippen LogP contribution is 2.15. The van der Waals surface area contributed by atoms with Crippen LogP contribution in [0.2, 0.25) is 0 Å². The Balaban J connectivity index is 1.54. The zero-order chi connectivity index (χ0) is 19.2. The van der Waals surface area contributed by atoms with E-state index in [4.69, 9.17) is 4.74 Å². The average Bonchev–Trinajstić information content (AvgIpc) is 2.73. The van der Waals surface area contributed by atoms with Crippen molar-refractivity contribution in [2.75, 3.05) is 33.3 Å². The molecule has 2 aromatic carbocycles. The first-order valence-corrected chi connectivity index (χ1v) is 9.39. The van der Waals surface area contributed by atoms with Gasteiger partial charge in [0, 0.05) is 31.7 Å². The lowest BCUT2D eigenvalue weighted by Gasteiger charge is -2.35. The molecule has 3 rings (SSSR count). The Morgan fingerprint density at radius 3 is 2.22 bits per heavy atom. The molecule has 27 heavy (non-hydrogen) atoms. The number of hydrogen-bond donors (Lipinski definition) is 0. The molecule has 5 nitrogen and oxygen atoms in total. The molecule has 142 valence electrons. The van der Waals surface area contributed by atoms with Crippen molar-refractivity contribution in [3.05, 3.63) is 65.2 Å². The molecular formula is C22H26N2O3. The van der Waals surface area contributed by atoms with E-state index < -0.39 is 0 Å². The highest BCUT2D eigenvalue weighted by Gasteiger charge is 2.24. The van der Waals surface area contributed by atoms with Gasteiger partial charge >= 0.3 is 0 Å². The molecule has 2 amide bonds. The van der Waals surface area contributed by atoms with Crippen LogP contribution in [0.4, 0.5) is 0 Å². The molecular weight excluding hydrogens is 340 g/mol. The van der Waals surface area contributed by atoms with Crippen LogP contribution in [-0.4, -0.2) is 54.9 Å². The van der Waals surface area contributed by atoms with Gasteiger partial charge in [-0.15, -0.1) is 0 Å². The first kappa shape index (κ1) is 19.0. The molecule has 1 aliphatic heterocycles. The predicted octanol–water partition coefficient (Wildman–Crippen LogP) is 2.78. The van der Waals surface area contributed by atoms with Crippen molar-refractivity contribution in [2.45, 2.75) is 19.8 Å². The van der Waals surface area contributed by atoms with Gasteiger partial charge in [-0.3, -0.25) is 9.59 Å². The number of rotatable bonds is 5. The molecule has 0 bridgehead atoms. The summed E-state index contributed by atoms with van der Waals surface area (Å²) in [4.78, 5) is 28.9. The fraction of sp³-hybridized carbons (Fsp3) is 0.364. The van der Waals surface area contributed by atoms with Crippen molar-refractivity contribution in [3.63, 3.8) is 0 Å². The van der Waals surface area contributed by atoms with Crippen LogP contribution in [0, 0.1) is 0 Å². The number of methoxy groups -OCH3 is 1. The lowest BCUT2D eigenvalue weighted by Crippen LogP contribution is -2.51. The molecule has 0 N–H and O–H groups in total. The monoisotopic (exact) mass is 366 g/mol. The standard InChI is InChI=1S/C22H26N2O3/c1-3-17-7-9-19(10-8-17)22(26)24-13-11-23(12-14-24)21(25)16-18-5-4-6-20(15-18)27-2/h4-10,15H,3,11-14,16H2,1-2H3. The number of carbonyl (C=O) groups is 2. The Hall–Kier alpha value is -2.82. The first-order chi connectivity index (χ1) is 13.1. The number of piperazine rings is 1. The Morgan fingerprint density at radius 1 is 0.926 bits per heavy atom. The number of nitrogens with zero attached hydrogens (tertiary/aromatic N) is 2. The maximum absolute atomic E-state index is 12.6. The summed E-state index contributed by atoms with van der Waals surface area (Å²) in [6, 6.07) is 15.4. The van der Waals surface area contributed by atoms with E-state index in [-0.39, 0.29) is 11.8 Å². The van der Waals surface area contributed by atoms with E-state index in [1.165, 1.54) is 5.56 Å². The normalized spacial score (nSPS) is 14.1. The summed E-state index contributed by atoms with van der Waals surface area (Å²) in [5.41, 5.74) is 2.87. The minimum Gasteiger partial charge on any atom is -0.497 e. The minimum absolute atomic E-state index is 0.0394. The maximum atomic E-state index is 12.6. The highest BCUT2D eigenvalue weighted by atomic mass is 16.5. The van der Waals surface area contributed by atoms with Crippen LogP contribution in [-0.2, 0) is 17.6 Å². The van der Waals surface area contributed by atoms with E-state index >= 15 is 0 Å². The zero-order valence-electron chi connectivity index (χ0n) is 16.0. The van der Waals surface area contributed by atoms with Crippen molar-refractivity contribution in [3.8, 4) is 5.75 Å². The lowest BCUT2D eigenvalue weighted by molar-refractivity contribution is -0.131. The van der Waals surface area contributed by atoms with E-state index in [0.717, 1.165) is 17.7 Å². The van der Waals surface area contributed by atoms with Crippen LogP contribution >= 0.6 is 0 Å². The second kappa shape index (κ2) is 8.71. The molecule has 0 radical (unpaired) electrons. The first-order valence-electron chi connectivity index (χ1n) is 9.39. The lowest BCUT2D eigenvalue weighted by atomic mass is 10.1. The number of amides is 2. The van der Waals surface area contributed by atoms with Crippen LogP contribution < -0.4 is 4.74 Å². The number of ether oxygens (including phenoxy) is 1. The van der Waals surface area contributed by atoms with Crippen LogP contribution in [0.25, 0.3) is 0 Å². The van der Waals surface area contributed by atoms with Gasteiger partial charge in [0.05, 0.1) is 13.5 Å². The van der Waals surface area contributed by atoms with E-state index in [2.05, 4.69) is 6.92 Å². The largest absolute Gasteiger partial charge is 0.497 e. The van der Waals surface area contributed by atoms with E-state index in [0.29, 0.717) is 38.2 Å². The molecule has 0 aromatic heterocycles. The minimum atomic E-state index is 0.0394. The van der Waals surface area contributed by atoms with E-state index in [1.54, 1.807) is 7.11 Å². The molecule has 5 heteroatoms. The molecule has 0 atom stereocenters. The summed E-state index contributed by atoms with van der Waals surface area (Å²) in [5.74, 6) is 0.880. The van der Waals surface area contributed by atoms with Crippen molar-refractivity contribution in [1.29, 1.82) is 0 Å². The van der Waals surface area contributed by atoms with Crippen LogP contribution in [0.3, 0.4) is 0 Å². The fourth-order valence-electron chi connectivity index (χ4n) is 3.29. The van der Waals surface area contributed by atoms with Crippen molar-refractivity contribution in [1.82, 2.24) is 9.80 Å². The summed E-state index contributed by atoms with van der Waals surface area (Å²) in [7, 11) is 1.62. The summed E-state index contributed by atoms with van der Waals surface area (Å²) >= 11 is 0. The Labute approximate surface area is 160 Å². The van der Waals surface area contributed by atoms with Crippen LogP contribution in [0.5, 0.6) is 5.75 Å². The van der Waals surface area contributed by atoms with Crippen LogP contribution in [0.15, 0.2) is 48.5 Å². The number of aryl methyl sites for hydroxylation is 1. The summed E-state index contributed by atoms with van der Waals surface area (Å²) < 4.78 is 5.21. The molecule has 0 unspecified atom stereocenters. The molecule has 0 spiro atoms. The molecule has 2 aromatic rings. The van der Waals surface area contributed by atoms with Gasteiger partial charge < -0.3 is 14.5 Å². The molecule has 1 heterocycles. The Kier molecular flexibility index (Phi) is 6.12. The Bertz CT molecular complexity index is 793. The van der Waals surface area contributed by atoms with Gasteiger partial charge in [-0.25, -0.2) is 0 Å². The number of carbonyl (C=O) groups excluding carboxylic acids is 2. The van der Waals surface area contributed by atoms with Gasteiger partial charge in [-0.2, -0.15) is 0 Å². The average molecular weight is 366 g/mol. The smallest absolute Gasteiger partial charge is 0.253 e. The number of hydrogen-bond acceptors (Lipinski definition) is 3. The third-order valence-electron chi connectivity index (χ3n) is 5.02. The van der Waals surface area contributed by atoms with E-state index in [9.17, 15) is 9.59 Å². The molecule has 0 saturated carbocycles. The topological polar surface area (TPSA) is 49.9 Å². The summed E-state index contributed by atoms with van der Waals surface area (Å²) in [6.45, 7) is 4.37. The predicted molar refractivity (Wildman–Crippen MR) is 105 cm³/mol. The summed E-state index contributed by atoms with van der Waals surface area (Å²) in [5, 5.41) is 0. The van der Waals surface area contributed by atoms with Gasteiger partial charge in [0.25, 0.3) is 5.91 Å². The fourth-order valence-corrected chi connectivity index (χ4v) is 3.29. The quantitative estimate of drug-likeness (QED) is 0.818. The van der Waals surface area contributed by atoms with Gasteiger partial charge in [0.15, 0.2) is 0 Å². The number of benzene rings is 2. The SMILES string of the molecule is CCc1ccc(C(=O)N2CCN(C(=O)Cc3cccc(OC)c3)CC2)cc1. The highest BCUT2D eigenvalue weighted by molar-refractivity contribution is 5.94. The Morgan fingerprint density at radius 2 is 1.59 bits per heavy atom. The molecule has 1 fully saturated rings. The second-order valence-corrected chi connectivity index (χ2v) is 6.75. The third kappa shape index (κ3) is 4.67. The van der Waals surface area contributed by atoms with Gasteiger partial charge in [-0.1, -0.05) is 31.2 Å². The van der Waals surface area contributed by atoms with Crippen molar-refractivity contribution < 1.29 is 14.3 Å². The molecule has 1 saturated heterocycles. The van der Waals surface area contributed by atoms with Gasteiger partial charge in [0.2, 0.25) is 5.91 Å². The maximum Gasteiger partial charge on any atom is 0.253 e. The second-order valence-electron chi connectivity index (χ2n) is 6.75. The van der Waals surface area contributed by atoms with Gasteiger partial charge in [-0.05, 0) is 41.8 Å². The van der Waals surface area contributed by atoms with Gasteiger partial charge in [0.1, 0.15) is 5.75 Å².